The molecule has 1 aliphatic rings. The van der Waals surface area contributed by atoms with E-state index in [-0.39, 0.29) is 11.9 Å². The molecule has 0 spiro atoms. The SMILES string of the molecule is CN1CCN(C(=O)c2ccc3n[nH]nc3c2)C[C@H]1c1ncc[nH]1. The summed E-state index contributed by atoms with van der Waals surface area (Å²) in [6, 6.07) is 5.47. The van der Waals surface area contributed by atoms with Gasteiger partial charge in [0.25, 0.3) is 5.91 Å². The maximum atomic E-state index is 12.8. The second-order valence-corrected chi connectivity index (χ2v) is 5.75. The molecule has 2 N–H and O–H groups in total. The Labute approximate surface area is 132 Å². The minimum absolute atomic E-state index is 0.0135. The number of hydrogen-bond acceptors (Lipinski definition) is 5. The predicted octanol–water partition coefficient (Wildman–Crippen LogP) is 0.810. The van der Waals surface area contributed by atoms with Gasteiger partial charge in [0, 0.05) is 37.6 Å². The van der Waals surface area contributed by atoms with Gasteiger partial charge in [0.2, 0.25) is 0 Å². The van der Waals surface area contributed by atoms with Gasteiger partial charge in [-0.1, -0.05) is 0 Å². The second kappa shape index (κ2) is 5.47. The molecule has 1 amide bonds. The van der Waals surface area contributed by atoms with Gasteiger partial charge in [0.15, 0.2) is 0 Å². The molecule has 23 heavy (non-hydrogen) atoms. The first kappa shape index (κ1) is 13.9. The fourth-order valence-electron chi connectivity index (χ4n) is 2.97. The predicted molar refractivity (Wildman–Crippen MR) is 83.8 cm³/mol. The van der Waals surface area contributed by atoms with Gasteiger partial charge in [0.05, 0.1) is 6.04 Å². The van der Waals surface area contributed by atoms with Crippen LogP contribution in [0.1, 0.15) is 22.2 Å². The summed E-state index contributed by atoms with van der Waals surface area (Å²) < 4.78 is 0. The highest BCUT2D eigenvalue weighted by Crippen LogP contribution is 2.23. The molecule has 0 unspecified atom stereocenters. The zero-order valence-corrected chi connectivity index (χ0v) is 12.7. The van der Waals surface area contributed by atoms with Gasteiger partial charge >= 0.3 is 0 Å². The fourth-order valence-corrected chi connectivity index (χ4v) is 2.97. The number of fused-ring (bicyclic) bond motifs is 1. The minimum Gasteiger partial charge on any atom is -0.347 e. The van der Waals surface area contributed by atoms with Gasteiger partial charge in [-0.2, -0.15) is 15.4 Å². The first-order chi connectivity index (χ1) is 11.2. The van der Waals surface area contributed by atoms with Crippen LogP contribution in [0.25, 0.3) is 11.0 Å². The van der Waals surface area contributed by atoms with Crippen molar-refractivity contribution in [1.29, 1.82) is 0 Å². The molecule has 3 heterocycles. The van der Waals surface area contributed by atoms with Crippen LogP contribution in [0.15, 0.2) is 30.6 Å². The van der Waals surface area contributed by atoms with Gasteiger partial charge < -0.3 is 9.88 Å². The van der Waals surface area contributed by atoms with E-state index in [1.165, 1.54) is 0 Å². The Morgan fingerprint density at radius 2 is 2.13 bits per heavy atom. The summed E-state index contributed by atoms with van der Waals surface area (Å²) in [5.74, 6) is 0.900. The summed E-state index contributed by atoms with van der Waals surface area (Å²) in [6.07, 6.45) is 3.55. The Kier molecular flexibility index (Phi) is 3.30. The van der Waals surface area contributed by atoms with Crippen molar-refractivity contribution < 1.29 is 4.79 Å². The second-order valence-electron chi connectivity index (χ2n) is 5.75. The Balaban J connectivity index is 1.58. The van der Waals surface area contributed by atoms with Crippen LogP contribution < -0.4 is 0 Å². The number of carbonyl (C=O) groups is 1. The average Bonchev–Trinajstić information content (AvgIpc) is 3.25. The normalized spacial score (nSPS) is 19.3. The summed E-state index contributed by atoms with van der Waals surface area (Å²) >= 11 is 0. The topological polar surface area (TPSA) is 93.8 Å². The lowest BCUT2D eigenvalue weighted by Crippen LogP contribution is -2.49. The number of H-pyrrole nitrogens is 2. The zero-order valence-electron chi connectivity index (χ0n) is 12.7. The van der Waals surface area contributed by atoms with Crippen LogP contribution in [0.4, 0.5) is 0 Å². The third-order valence-corrected chi connectivity index (χ3v) is 4.33. The maximum Gasteiger partial charge on any atom is 0.254 e. The maximum absolute atomic E-state index is 12.8. The molecule has 0 saturated carbocycles. The largest absolute Gasteiger partial charge is 0.347 e. The standard InChI is InChI=1S/C15H17N7O/c1-21-6-7-22(9-13(21)14-16-4-5-17-14)15(23)10-2-3-11-12(8-10)19-20-18-11/h2-5,8,13H,6-7,9H2,1H3,(H,16,17)(H,18,19,20)/t13-/m0/s1. The molecule has 1 saturated heterocycles. The van der Waals surface area contributed by atoms with Crippen molar-refractivity contribution in [2.24, 2.45) is 0 Å². The van der Waals surface area contributed by atoms with E-state index < -0.39 is 0 Å². The smallest absolute Gasteiger partial charge is 0.254 e. The summed E-state index contributed by atoms with van der Waals surface area (Å²) in [5, 5.41) is 10.6. The van der Waals surface area contributed by atoms with Crippen molar-refractivity contribution in [3.05, 3.63) is 42.0 Å². The third kappa shape index (κ3) is 2.46. The number of likely N-dealkylation sites (N-methyl/N-ethyl adjacent to an activating group) is 1. The highest BCUT2D eigenvalue weighted by molar-refractivity contribution is 5.97. The average molecular weight is 311 g/mol. The molecule has 4 rings (SSSR count). The van der Waals surface area contributed by atoms with E-state index in [0.29, 0.717) is 24.2 Å². The van der Waals surface area contributed by atoms with Crippen LogP contribution in [0.3, 0.4) is 0 Å². The number of aromatic amines is 2. The Morgan fingerprint density at radius 3 is 2.96 bits per heavy atom. The van der Waals surface area contributed by atoms with E-state index >= 15 is 0 Å². The quantitative estimate of drug-likeness (QED) is 0.730. The molecule has 8 heteroatoms. The van der Waals surface area contributed by atoms with Crippen LogP contribution in [0, 0.1) is 0 Å². The van der Waals surface area contributed by atoms with Gasteiger partial charge in [-0.15, -0.1) is 0 Å². The molecular formula is C15H17N7O. The lowest BCUT2D eigenvalue weighted by molar-refractivity contribution is 0.0534. The number of amides is 1. The van der Waals surface area contributed by atoms with Gasteiger partial charge in [0.1, 0.15) is 16.9 Å². The summed E-state index contributed by atoms with van der Waals surface area (Å²) in [6.45, 7) is 2.12. The molecule has 1 atom stereocenters. The zero-order chi connectivity index (χ0) is 15.8. The molecular weight excluding hydrogens is 294 g/mol. The highest BCUT2D eigenvalue weighted by Gasteiger charge is 2.30. The van der Waals surface area contributed by atoms with E-state index in [0.717, 1.165) is 17.9 Å². The summed E-state index contributed by atoms with van der Waals surface area (Å²) in [4.78, 5) is 24.4. The van der Waals surface area contributed by atoms with Gasteiger partial charge in [-0.05, 0) is 25.2 Å². The number of imidazole rings is 1. The molecule has 3 aromatic rings. The first-order valence-electron chi connectivity index (χ1n) is 7.52. The molecule has 2 aromatic heterocycles. The van der Waals surface area contributed by atoms with Gasteiger partial charge in [-0.3, -0.25) is 9.69 Å². The minimum atomic E-state index is 0.0135. The summed E-state index contributed by atoms with van der Waals surface area (Å²) in [5.41, 5.74) is 2.09. The molecule has 1 aromatic carbocycles. The number of piperazine rings is 1. The van der Waals surface area contributed by atoms with E-state index in [2.05, 4.69) is 37.3 Å². The van der Waals surface area contributed by atoms with Crippen molar-refractivity contribution in [1.82, 2.24) is 35.2 Å². The van der Waals surface area contributed by atoms with Crippen molar-refractivity contribution in [3.8, 4) is 0 Å². The number of aromatic nitrogens is 5. The number of benzene rings is 1. The third-order valence-electron chi connectivity index (χ3n) is 4.33. The highest BCUT2D eigenvalue weighted by atomic mass is 16.2. The number of nitrogens with one attached hydrogen (secondary N) is 2. The molecule has 1 fully saturated rings. The van der Waals surface area contributed by atoms with Crippen LogP contribution in [-0.2, 0) is 0 Å². The first-order valence-corrected chi connectivity index (χ1v) is 7.52. The monoisotopic (exact) mass is 311 g/mol. The molecule has 0 bridgehead atoms. The Bertz CT molecular complexity index is 825. The van der Waals surface area contributed by atoms with Crippen molar-refractivity contribution in [3.63, 3.8) is 0 Å². The number of rotatable bonds is 2. The van der Waals surface area contributed by atoms with Crippen LogP contribution in [-0.4, -0.2) is 67.8 Å². The van der Waals surface area contributed by atoms with Crippen molar-refractivity contribution >= 4 is 16.9 Å². The van der Waals surface area contributed by atoms with Gasteiger partial charge in [-0.25, -0.2) is 4.98 Å². The van der Waals surface area contributed by atoms with E-state index in [4.69, 9.17) is 0 Å². The molecule has 8 nitrogen and oxygen atoms in total. The fraction of sp³-hybridized carbons (Fsp3) is 0.333. The van der Waals surface area contributed by atoms with Crippen LogP contribution in [0.5, 0.6) is 0 Å². The van der Waals surface area contributed by atoms with E-state index in [9.17, 15) is 4.79 Å². The van der Waals surface area contributed by atoms with Crippen LogP contribution >= 0.6 is 0 Å². The molecule has 1 aliphatic heterocycles. The lowest BCUT2D eigenvalue weighted by atomic mass is 10.1. The molecule has 0 aliphatic carbocycles. The van der Waals surface area contributed by atoms with Crippen LogP contribution in [0.2, 0.25) is 0 Å². The van der Waals surface area contributed by atoms with E-state index in [1.54, 1.807) is 18.3 Å². The number of hydrogen-bond donors (Lipinski definition) is 2. The van der Waals surface area contributed by atoms with Crippen molar-refractivity contribution in [2.75, 3.05) is 26.7 Å². The molecule has 118 valence electrons. The summed E-state index contributed by atoms with van der Waals surface area (Å²) in [7, 11) is 2.05. The lowest BCUT2D eigenvalue weighted by Gasteiger charge is -2.38. The number of carbonyl (C=O) groups excluding carboxylic acids is 1. The number of nitrogens with zero attached hydrogens (tertiary/aromatic N) is 5. The Morgan fingerprint density at radius 1 is 1.26 bits per heavy atom. The molecule has 0 radical (unpaired) electrons. The Hall–Kier alpha value is -2.74. The van der Waals surface area contributed by atoms with Crippen molar-refractivity contribution in [2.45, 2.75) is 6.04 Å². The van der Waals surface area contributed by atoms with E-state index in [1.807, 2.05) is 17.2 Å².